The van der Waals surface area contributed by atoms with Crippen molar-refractivity contribution in [2.75, 3.05) is 17.8 Å². The van der Waals surface area contributed by atoms with Gasteiger partial charge in [0.15, 0.2) is 11.6 Å². The summed E-state index contributed by atoms with van der Waals surface area (Å²) < 4.78 is 20.3. The maximum absolute atomic E-state index is 14.5. The lowest BCUT2D eigenvalue weighted by atomic mass is 10.1. The number of ether oxygens (including phenoxy) is 1. The van der Waals surface area contributed by atoms with E-state index in [0.717, 1.165) is 30.8 Å². The second-order valence-electron chi connectivity index (χ2n) is 9.56. The Kier molecular flexibility index (Phi) is 12.2. The minimum absolute atomic E-state index is 0.118. The quantitative estimate of drug-likeness (QED) is 0.228. The predicted molar refractivity (Wildman–Crippen MR) is 150 cm³/mol. The number of rotatable bonds is 16. The van der Waals surface area contributed by atoms with Crippen LogP contribution in [0.2, 0.25) is 0 Å². The van der Waals surface area contributed by atoms with Crippen LogP contribution in [0.1, 0.15) is 94.0 Å². The van der Waals surface area contributed by atoms with Gasteiger partial charge in [0, 0.05) is 18.3 Å². The van der Waals surface area contributed by atoms with Crippen molar-refractivity contribution in [3.05, 3.63) is 70.5 Å². The Hall–Kier alpha value is -2.47. The summed E-state index contributed by atoms with van der Waals surface area (Å²) in [5.74, 6) is 0.314. The molecule has 6 heteroatoms. The van der Waals surface area contributed by atoms with Gasteiger partial charge in [-0.15, -0.1) is 11.8 Å². The van der Waals surface area contributed by atoms with Crippen LogP contribution >= 0.6 is 11.8 Å². The Balaban J connectivity index is 1.45. The Morgan fingerprint density at radius 1 is 1.00 bits per heavy atom. The normalized spacial score (nSPS) is 13.1. The van der Waals surface area contributed by atoms with E-state index in [1.54, 1.807) is 18.2 Å². The summed E-state index contributed by atoms with van der Waals surface area (Å²) in [5.41, 5.74) is 1.97. The molecule has 1 amide bonds. The van der Waals surface area contributed by atoms with Crippen LogP contribution in [0.5, 0.6) is 5.75 Å². The van der Waals surface area contributed by atoms with Crippen molar-refractivity contribution in [3.8, 4) is 5.75 Å². The predicted octanol–water partition coefficient (Wildman–Crippen LogP) is 8.75. The number of nitrogens with zero attached hydrogens (tertiary/aromatic N) is 1. The molecular formula is C30H41FN2O2S. The molecule has 1 aliphatic heterocycles. The first kappa shape index (κ1) is 28.1. The van der Waals surface area contributed by atoms with Gasteiger partial charge in [-0.05, 0) is 48.1 Å². The average Bonchev–Trinajstić information content (AvgIpc) is 3.28. The zero-order chi connectivity index (χ0) is 25.6. The molecule has 196 valence electrons. The van der Waals surface area contributed by atoms with Crippen molar-refractivity contribution in [2.24, 2.45) is 0 Å². The number of carbonyl (C=O) groups excluding carboxylic acids is 1. The molecule has 1 N–H and O–H groups in total. The summed E-state index contributed by atoms with van der Waals surface area (Å²) in [6.45, 7) is 5.53. The van der Waals surface area contributed by atoms with Gasteiger partial charge in [-0.25, -0.2) is 4.39 Å². The maximum atomic E-state index is 14.5. The molecule has 0 bridgehead atoms. The molecule has 0 saturated carbocycles. The van der Waals surface area contributed by atoms with Crippen molar-refractivity contribution in [3.63, 3.8) is 0 Å². The van der Waals surface area contributed by atoms with Crippen LogP contribution in [0.25, 0.3) is 0 Å². The van der Waals surface area contributed by atoms with E-state index in [2.05, 4.69) is 30.3 Å². The van der Waals surface area contributed by atoms with E-state index in [9.17, 15) is 9.18 Å². The molecule has 4 nitrogen and oxygen atoms in total. The van der Waals surface area contributed by atoms with Gasteiger partial charge < -0.3 is 15.0 Å². The van der Waals surface area contributed by atoms with E-state index < -0.39 is 5.82 Å². The van der Waals surface area contributed by atoms with Crippen molar-refractivity contribution < 1.29 is 13.9 Å². The Labute approximate surface area is 220 Å². The number of halogens is 1. The summed E-state index contributed by atoms with van der Waals surface area (Å²) >= 11 is 1.81. The van der Waals surface area contributed by atoms with Gasteiger partial charge in [-0.1, -0.05) is 82.9 Å². The molecule has 0 spiro atoms. The summed E-state index contributed by atoms with van der Waals surface area (Å²) in [6, 6.07) is 12.2. The molecule has 0 saturated heterocycles. The van der Waals surface area contributed by atoms with Gasteiger partial charge in [0.25, 0.3) is 5.91 Å². The van der Waals surface area contributed by atoms with Crippen LogP contribution in [-0.2, 0) is 6.54 Å². The summed E-state index contributed by atoms with van der Waals surface area (Å²) in [6.07, 6.45) is 14.5. The first-order valence-electron chi connectivity index (χ1n) is 13.4. The minimum Gasteiger partial charge on any atom is -0.488 e. The van der Waals surface area contributed by atoms with Crippen molar-refractivity contribution >= 4 is 23.4 Å². The first-order valence-corrected chi connectivity index (χ1v) is 14.4. The molecule has 0 aromatic heterocycles. The van der Waals surface area contributed by atoms with Gasteiger partial charge >= 0.3 is 0 Å². The van der Waals surface area contributed by atoms with E-state index >= 15 is 0 Å². The molecule has 2 aromatic rings. The maximum Gasteiger partial charge on any atom is 0.255 e. The van der Waals surface area contributed by atoms with Crippen LogP contribution in [0.15, 0.2) is 53.6 Å². The minimum atomic E-state index is -0.456. The fraction of sp³-hybridized carbons (Fsp3) is 0.500. The molecule has 3 rings (SSSR count). The molecular weight excluding hydrogens is 471 g/mol. The number of benzene rings is 2. The molecule has 0 atom stereocenters. The average molecular weight is 513 g/mol. The molecule has 0 fully saturated rings. The fourth-order valence-corrected chi connectivity index (χ4v) is 5.12. The SMILES string of the molecule is CCCCCCCCCCCCOc1c(F)cccc1NC(=O)c1cccc(CN2C=C(C)SC2)c1. The van der Waals surface area contributed by atoms with Gasteiger partial charge in [0.05, 0.1) is 18.2 Å². The lowest BCUT2D eigenvalue weighted by Gasteiger charge is -2.16. The number of anilines is 1. The summed E-state index contributed by atoms with van der Waals surface area (Å²) in [4.78, 5) is 16.5. The van der Waals surface area contributed by atoms with E-state index in [4.69, 9.17) is 4.74 Å². The topological polar surface area (TPSA) is 41.6 Å². The number of amides is 1. The molecule has 1 heterocycles. The third kappa shape index (κ3) is 9.53. The van der Waals surface area contributed by atoms with Crippen molar-refractivity contribution in [2.45, 2.75) is 84.6 Å². The number of allylic oxidation sites excluding steroid dienone is 1. The highest BCUT2D eigenvalue weighted by Crippen LogP contribution is 2.29. The number of hydrogen-bond acceptors (Lipinski definition) is 4. The third-order valence-electron chi connectivity index (χ3n) is 6.36. The van der Waals surface area contributed by atoms with Gasteiger partial charge in [-0.3, -0.25) is 4.79 Å². The standard InChI is InChI=1S/C30H41FN2O2S/c1-3-4-5-6-7-8-9-10-11-12-19-35-29-27(31)17-14-18-28(29)32-30(34)26-16-13-15-25(20-26)22-33-21-24(2)36-23-33/h13-18,20-21H,3-12,19,22-23H2,1-2H3,(H,32,34). The molecule has 0 radical (unpaired) electrons. The summed E-state index contributed by atoms with van der Waals surface area (Å²) in [5, 5.41) is 2.85. The zero-order valence-electron chi connectivity index (χ0n) is 21.9. The molecule has 1 aliphatic rings. The molecule has 0 aliphatic carbocycles. The van der Waals surface area contributed by atoms with Crippen molar-refractivity contribution in [1.29, 1.82) is 0 Å². The van der Waals surface area contributed by atoms with Crippen LogP contribution in [0.3, 0.4) is 0 Å². The number of para-hydroxylation sites is 1. The highest BCUT2D eigenvalue weighted by atomic mass is 32.2. The van der Waals surface area contributed by atoms with E-state index in [1.165, 1.54) is 62.3 Å². The smallest absolute Gasteiger partial charge is 0.255 e. The highest BCUT2D eigenvalue weighted by Gasteiger charge is 2.15. The van der Waals surface area contributed by atoms with Crippen LogP contribution < -0.4 is 10.1 Å². The van der Waals surface area contributed by atoms with E-state index in [0.29, 0.717) is 17.9 Å². The van der Waals surface area contributed by atoms with Crippen molar-refractivity contribution in [1.82, 2.24) is 4.90 Å². The second kappa shape index (κ2) is 15.6. The summed E-state index contributed by atoms with van der Waals surface area (Å²) in [7, 11) is 0. The number of hydrogen-bond donors (Lipinski definition) is 1. The largest absolute Gasteiger partial charge is 0.488 e. The van der Waals surface area contributed by atoms with Crippen LogP contribution in [-0.4, -0.2) is 23.3 Å². The number of thioether (sulfide) groups is 1. The van der Waals surface area contributed by atoms with Gasteiger partial charge in [0.2, 0.25) is 0 Å². The molecule has 2 aromatic carbocycles. The van der Waals surface area contributed by atoms with Gasteiger partial charge in [-0.2, -0.15) is 0 Å². The zero-order valence-corrected chi connectivity index (χ0v) is 22.7. The number of unbranched alkanes of at least 4 members (excludes halogenated alkanes) is 9. The Bertz CT molecular complexity index is 995. The Morgan fingerprint density at radius 2 is 1.69 bits per heavy atom. The second-order valence-corrected chi connectivity index (χ2v) is 10.8. The lowest BCUT2D eigenvalue weighted by molar-refractivity contribution is 0.102. The third-order valence-corrected chi connectivity index (χ3v) is 7.38. The van der Waals surface area contributed by atoms with Crippen LogP contribution in [0, 0.1) is 5.82 Å². The number of nitrogens with one attached hydrogen (secondary N) is 1. The highest BCUT2D eigenvalue weighted by molar-refractivity contribution is 8.03. The van der Waals surface area contributed by atoms with E-state index in [-0.39, 0.29) is 11.7 Å². The first-order chi connectivity index (χ1) is 17.6. The lowest BCUT2D eigenvalue weighted by Crippen LogP contribution is -2.16. The molecule has 36 heavy (non-hydrogen) atoms. The monoisotopic (exact) mass is 512 g/mol. The van der Waals surface area contributed by atoms with E-state index in [1.807, 2.05) is 30.0 Å². The fourth-order valence-electron chi connectivity index (χ4n) is 4.37. The van der Waals surface area contributed by atoms with Gasteiger partial charge in [0.1, 0.15) is 0 Å². The Morgan fingerprint density at radius 3 is 2.39 bits per heavy atom. The van der Waals surface area contributed by atoms with Crippen LogP contribution in [0.4, 0.5) is 10.1 Å². The number of carbonyl (C=O) groups is 1. The molecule has 0 unspecified atom stereocenters.